The monoisotopic (exact) mass is 413 g/mol. The molecule has 0 radical (unpaired) electrons. The number of esters is 1. The van der Waals surface area contributed by atoms with E-state index in [2.05, 4.69) is 0 Å². The molecule has 30 heavy (non-hydrogen) atoms. The van der Waals surface area contributed by atoms with Crippen molar-refractivity contribution in [3.8, 4) is 23.0 Å². The lowest BCUT2D eigenvalue weighted by molar-refractivity contribution is -0.131. The third kappa shape index (κ3) is 3.93. The van der Waals surface area contributed by atoms with Crippen LogP contribution in [0.15, 0.2) is 36.4 Å². The van der Waals surface area contributed by atoms with Crippen molar-refractivity contribution in [1.82, 2.24) is 0 Å². The highest BCUT2D eigenvalue weighted by Crippen LogP contribution is 2.35. The second-order valence-electron chi connectivity index (χ2n) is 6.63. The number of nitrogens with zero attached hydrogens (tertiary/aromatic N) is 1. The third-order valence-corrected chi connectivity index (χ3v) is 4.47. The topological polar surface area (TPSA) is 133 Å². The van der Waals surface area contributed by atoms with Crippen LogP contribution in [-0.4, -0.2) is 43.9 Å². The standard InChI is InChI=1S/C20H19N3O7/c1-11(24)29-17-6-12(2-4-15(17)19(21)22)23-8-14(30-20(23)25)9-26-13-3-5-16-18(7-13)28-10-27-16/h2-7,14H,8-10H2,1H3,(H3,21,22). The van der Waals surface area contributed by atoms with E-state index in [9.17, 15) is 9.59 Å². The molecule has 1 amide bonds. The van der Waals surface area contributed by atoms with Gasteiger partial charge in [-0.05, 0) is 24.3 Å². The second-order valence-corrected chi connectivity index (χ2v) is 6.63. The molecule has 2 aromatic carbocycles. The molecule has 0 aromatic heterocycles. The van der Waals surface area contributed by atoms with E-state index in [0.29, 0.717) is 22.9 Å². The maximum Gasteiger partial charge on any atom is 0.414 e. The minimum absolute atomic E-state index is 0.0976. The molecule has 0 aliphatic carbocycles. The lowest BCUT2D eigenvalue weighted by Gasteiger charge is -2.16. The molecule has 156 valence electrons. The first kappa shape index (κ1) is 19.4. The molecule has 0 saturated carbocycles. The van der Waals surface area contributed by atoms with Gasteiger partial charge in [0.1, 0.15) is 23.9 Å². The van der Waals surface area contributed by atoms with Gasteiger partial charge >= 0.3 is 12.1 Å². The van der Waals surface area contributed by atoms with Crippen LogP contribution in [0.3, 0.4) is 0 Å². The summed E-state index contributed by atoms with van der Waals surface area (Å²) >= 11 is 0. The SMILES string of the molecule is CC(=O)Oc1cc(N2CC(COc3ccc4c(c3)OCO4)OC2=O)ccc1C(=N)N. The molecule has 2 aromatic rings. The molecule has 1 fully saturated rings. The Balaban J connectivity index is 1.44. The van der Waals surface area contributed by atoms with E-state index < -0.39 is 18.2 Å². The van der Waals surface area contributed by atoms with Crippen molar-refractivity contribution in [1.29, 1.82) is 5.41 Å². The van der Waals surface area contributed by atoms with E-state index in [4.69, 9.17) is 34.8 Å². The molecule has 2 aliphatic heterocycles. The molecule has 0 spiro atoms. The summed E-state index contributed by atoms with van der Waals surface area (Å²) in [5.41, 5.74) is 6.23. The average molecular weight is 413 g/mol. The zero-order valence-electron chi connectivity index (χ0n) is 16.0. The van der Waals surface area contributed by atoms with Crippen molar-refractivity contribution >= 4 is 23.6 Å². The number of hydrogen-bond donors (Lipinski definition) is 2. The first-order chi connectivity index (χ1) is 14.4. The summed E-state index contributed by atoms with van der Waals surface area (Å²) in [7, 11) is 0. The van der Waals surface area contributed by atoms with Gasteiger partial charge in [-0.25, -0.2) is 4.79 Å². The van der Waals surface area contributed by atoms with Crippen molar-refractivity contribution in [2.75, 3.05) is 24.8 Å². The van der Waals surface area contributed by atoms with Crippen LogP contribution in [0.4, 0.5) is 10.5 Å². The minimum atomic E-state index is -0.561. The molecule has 2 heterocycles. The van der Waals surface area contributed by atoms with Crippen molar-refractivity contribution < 1.29 is 33.3 Å². The van der Waals surface area contributed by atoms with Crippen LogP contribution >= 0.6 is 0 Å². The van der Waals surface area contributed by atoms with E-state index in [1.54, 1.807) is 24.3 Å². The molecule has 3 N–H and O–H groups in total. The van der Waals surface area contributed by atoms with Crippen LogP contribution in [0.5, 0.6) is 23.0 Å². The van der Waals surface area contributed by atoms with E-state index in [1.807, 2.05) is 0 Å². The summed E-state index contributed by atoms with van der Waals surface area (Å²) < 4.78 is 26.8. The van der Waals surface area contributed by atoms with Crippen LogP contribution in [-0.2, 0) is 9.53 Å². The highest BCUT2D eigenvalue weighted by Gasteiger charge is 2.33. The Morgan fingerprint density at radius 1 is 1.23 bits per heavy atom. The van der Waals surface area contributed by atoms with Crippen molar-refractivity contribution in [3.05, 3.63) is 42.0 Å². The number of nitrogen functional groups attached to an aromatic ring is 1. The summed E-state index contributed by atoms with van der Waals surface area (Å²) in [6.07, 6.45) is -1.06. The Hall–Kier alpha value is -3.95. The van der Waals surface area contributed by atoms with Gasteiger partial charge in [0.25, 0.3) is 0 Å². The summed E-state index contributed by atoms with van der Waals surface area (Å²) in [5, 5.41) is 7.60. The maximum absolute atomic E-state index is 12.3. The Morgan fingerprint density at radius 3 is 2.80 bits per heavy atom. The number of amidine groups is 1. The van der Waals surface area contributed by atoms with Crippen LogP contribution < -0.4 is 29.6 Å². The summed E-state index contributed by atoms with van der Waals surface area (Å²) in [6.45, 7) is 1.79. The zero-order valence-corrected chi connectivity index (χ0v) is 16.0. The number of nitrogens with two attached hydrogens (primary N) is 1. The Morgan fingerprint density at radius 2 is 2.03 bits per heavy atom. The maximum atomic E-state index is 12.3. The van der Waals surface area contributed by atoms with E-state index in [1.165, 1.54) is 24.0 Å². The highest BCUT2D eigenvalue weighted by atomic mass is 16.7. The van der Waals surface area contributed by atoms with Crippen LogP contribution in [0.1, 0.15) is 12.5 Å². The van der Waals surface area contributed by atoms with Gasteiger partial charge < -0.3 is 29.4 Å². The molecule has 2 aliphatic rings. The number of fused-ring (bicyclic) bond motifs is 1. The number of hydrogen-bond acceptors (Lipinski definition) is 8. The zero-order chi connectivity index (χ0) is 21.3. The van der Waals surface area contributed by atoms with E-state index >= 15 is 0 Å². The van der Waals surface area contributed by atoms with Gasteiger partial charge in [0.2, 0.25) is 6.79 Å². The fraction of sp³-hybridized carbons (Fsp3) is 0.250. The predicted octanol–water partition coefficient (Wildman–Crippen LogP) is 2.03. The number of carbonyl (C=O) groups is 2. The first-order valence-corrected chi connectivity index (χ1v) is 9.08. The van der Waals surface area contributed by atoms with Gasteiger partial charge in [0.05, 0.1) is 17.8 Å². The summed E-state index contributed by atoms with van der Waals surface area (Å²) in [6, 6.07) is 9.79. The second kappa shape index (κ2) is 7.82. The Kier molecular flexibility index (Phi) is 5.05. The lowest BCUT2D eigenvalue weighted by Crippen LogP contribution is -2.27. The van der Waals surface area contributed by atoms with Gasteiger partial charge in [0.15, 0.2) is 17.6 Å². The molecule has 1 unspecified atom stereocenters. The molecule has 10 nitrogen and oxygen atoms in total. The average Bonchev–Trinajstić information content (AvgIpc) is 3.31. The number of anilines is 1. The molecule has 4 rings (SSSR count). The third-order valence-electron chi connectivity index (χ3n) is 4.47. The lowest BCUT2D eigenvalue weighted by atomic mass is 10.1. The number of carbonyl (C=O) groups excluding carboxylic acids is 2. The highest BCUT2D eigenvalue weighted by molar-refractivity contribution is 5.99. The van der Waals surface area contributed by atoms with Crippen molar-refractivity contribution in [2.24, 2.45) is 5.73 Å². The fourth-order valence-corrected chi connectivity index (χ4v) is 3.12. The smallest absolute Gasteiger partial charge is 0.414 e. The Bertz CT molecular complexity index is 1020. The first-order valence-electron chi connectivity index (χ1n) is 9.08. The summed E-state index contributed by atoms with van der Waals surface area (Å²) in [4.78, 5) is 25.1. The van der Waals surface area contributed by atoms with Gasteiger partial charge in [-0.3, -0.25) is 15.1 Å². The normalized spacial score (nSPS) is 16.9. The number of benzene rings is 2. The molecule has 10 heteroatoms. The van der Waals surface area contributed by atoms with Gasteiger partial charge in [0, 0.05) is 19.1 Å². The number of rotatable bonds is 6. The number of amides is 1. The number of cyclic esters (lactones) is 1. The van der Waals surface area contributed by atoms with E-state index in [-0.39, 0.29) is 37.1 Å². The van der Waals surface area contributed by atoms with Gasteiger partial charge in [-0.15, -0.1) is 0 Å². The Labute approximate surface area is 171 Å². The minimum Gasteiger partial charge on any atom is -0.490 e. The van der Waals surface area contributed by atoms with Gasteiger partial charge in [-0.2, -0.15) is 0 Å². The van der Waals surface area contributed by atoms with Crippen LogP contribution in [0, 0.1) is 5.41 Å². The molecule has 1 atom stereocenters. The number of nitrogens with one attached hydrogen (secondary N) is 1. The predicted molar refractivity (Wildman–Crippen MR) is 104 cm³/mol. The molecule has 0 bridgehead atoms. The quantitative estimate of drug-likeness (QED) is 0.318. The van der Waals surface area contributed by atoms with E-state index in [0.717, 1.165) is 0 Å². The molecular weight excluding hydrogens is 394 g/mol. The van der Waals surface area contributed by atoms with Gasteiger partial charge in [-0.1, -0.05) is 0 Å². The van der Waals surface area contributed by atoms with Crippen molar-refractivity contribution in [2.45, 2.75) is 13.0 Å². The fourth-order valence-electron chi connectivity index (χ4n) is 3.12. The largest absolute Gasteiger partial charge is 0.490 e. The molecule has 1 saturated heterocycles. The van der Waals surface area contributed by atoms with Crippen LogP contribution in [0.25, 0.3) is 0 Å². The van der Waals surface area contributed by atoms with Crippen molar-refractivity contribution in [3.63, 3.8) is 0 Å². The van der Waals surface area contributed by atoms with Crippen LogP contribution in [0.2, 0.25) is 0 Å². The summed E-state index contributed by atoms with van der Waals surface area (Å²) in [5.74, 6) is 1.10. The number of ether oxygens (including phenoxy) is 5. The molecular formula is C20H19N3O7.